The van der Waals surface area contributed by atoms with Crippen LogP contribution < -0.4 is 5.32 Å². The zero-order valence-electron chi connectivity index (χ0n) is 12.5. The standard InChI is InChI=1S/C12H20N4O4S2/c1-3-10(18)13-11-14-15-12(21-11)22(19,20)16(2)8-6-4-5-7-9(8)17/h8-9,17H,3-7H2,1-2H3,(H,13,14,18)/t8-,9+/m1/s1. The number of carbonyl (C=O) groups excluding carboxylic acids is 1. The van der Waals surface area contributed by atoms with Crippen molar-refractivity contribution in [3.8, 4) is 0 Å². The normalized spacial score (nSPS) is 22.7. The molecule has 124 valence electrons. The number of aliphatic hydroxyl groups is 1. The van der Waals surface area contributed by atoms with E-state index in [0.717, 1.165) is 24.2 Å². The highest BCUT2D eigenvalue weighted by Gasteiger charge is 2.36. The molecule has 0 aliphatic heterocycles. The molecular formula is C12H20N4O4S2. The number of sulfonamides is 1. The van der Waals surface area contributed by atoms with E-state index in [1.54, 1.807) is 6.92 Å². The highest BCUT2D eigenvalue weighted by atomic mass is 32.2. The quantitative estimate of drug-likeness (QED) is 0.762. The van der Waals surface area contributed by atoms with Crippen LogP contribution in [0.2, 0.25) is 0 Å². The lowest BCUT2D eigenvalue weighted by Crippen LogP contribution is -2.46. The van der Waals surface area contributed by atoms with Crippen molar-refractivity contribution in [2.24, 2.45) is 0 Å². The van der Waals surface area contributed by atoms with Crippen molar-refractivity contribution in [3.63, 3.8) is 0 Å². The summed E-state index contributed by atoms with van der Waals surface area (Å²) in [6.07, 6.45) is 2.61. The Kier molecular flexibility index (Phi) is 5.48. The Morgan fingerprint density at radius 2 is 2.09 bits per heavy atom. The molecule has 1 aromatic heterocycles. The van der Waals surface area contributed by atoms with Gasteiger partial charge in [0.2, 0.25) is 15.4 Å². The molecule has 1 saturated carbocycles. The predicted octanol–water partition coefficient (Wildman–Crippen LogP) is 0.811. The van der Waals surface area contributed by atoms with Gasteiger partial charge in [0, 0.05) is 13.5 Å². The Bertz CT molecular complexity index is 631. The molecule has 2 N–H and O–H groups in total. The minimum Gasteiger partial charge on any atom is -0.391 e. The molecular weight excluding hydrogens is 328 g/mol. The summed E-state index contributed by atoms with van der Waals surface area (Å²) in [6.45, 7) is 1.69. The fourth-order valence-corrected chi connectivity index (χ4v) is 4.89. The molecule has 2 atom stereocenters. The Balaban J connectivity index is 2.17. The molecule has 1 amide bonds. The summed E-state index contributed by atoms with van der Waals surface area (Å²) in [4.78, 5) is 11.3. The minimum absolute atomic E-state index is 0.156. The van der Waals surface area contributed by atoms with E-state index in [0.29, 0.717) is 12.8 Å². The SMILES string of the molecule is CCC(=O)Nc1nnc(S(=O)(=O)N(C)[C@@H]2CCCC[C@@H]2O)s1. The van der Waals surface area contributed by atoms with Crippen LogP contribution >= 0.6 is 11.3 Å². The molecule has 0 unspecified atom stereocenters. The summed E-state index contributed by atoms with van der Waals surface area (Å²) in [5.74, 6) is -0.254. The van der Waals surface area contributed by atoms with E-state index in [-0.39, 0.29) is 21.8 Å². The number of aromatic nitrogens is 2. The van der Waals surface area contributed by atoms with Gasteiger partial charge < -0.3 is 10.4 Å². The lowest BCUT2D eigenvalue weighted by molar-refractivity contribution is -0.115. The van der Waals surface area contributed by atoms with Crippen LogP contribution in [0.25, 0.3) is 0 Å². The Morgan fingerprint density at radius 3 is 2.73 bits per heavy atom. The van der Waals surface area contributed by atoms with E-state index < -0.39 is 22.2 Å². The van der Waals surface area contributed by atoms with Crippen LogP contribution in [0.1, 0.15) is 39.0 Å². The number of carbonyl (C=O) groups is 1. The summed E-state index contributed by atoms with van der Waals surface area (Å²) in [7, 11) is -2.38. The fourth-order valence-electron chi connectivity index (χ4n) is 2.39. The van der Waals surface area contributed by atoms with Crippen LogP contribution in [0.3, 0.4) is 0 Å². The Hall–Kier alpha value is -1.10. The second-order valence-corrected chi connectivity index (χ2v) is 8.36. The number of anilines is 1. The van der Waals surface area contributed by atoms with Crippen LogP contribution in [0.5, 0.6) is 0 Å². The number of amides is 1. The lowest BCUT2D eigenvalue weighted by Gasteiger charge is -2.33. The van der Waals surface area contributed by atoms with Crippen LogP contribution in [0, 0.1) is 0 Å². The summed E-state index contributed by atoms with van der Waals surface area (Å²) < 4.78 is 26.1. The molecule has 1 fully saturated rings. The maximum atomic E-state index is 12.6. The molecule has 0 spiro atoms. The van der Waals surface area contributed by atoms with Crippen molar-refractivity contribution in [3.05, 3.63) is 0 Å². The summed E-state index contributed by atoms with van der Waals surface area (Å²) in [6, 6.07) is -0.448. The number of hydrogen-bond donors (Lipinski definition) is 2. The molecule has 1 heterocycles. The van der Waals surface area contributed by atoms with Gasteiger partial charge >= 0.3 is 0 Å². The first-order chi connectivity index (χ1) is 10.4. The molecule has 8 nitrogen and oxygen atoms in total. The molecule has 1 aliphatic carbocycles. The van der Waals surface area contributed by atoms with Crippen molar-refractivity contribution in [1.29, 1.82) is 0 Å². The van der Waals surface area contributed by atoms with Crippen LogP contribution in [0.4, 0.5) is 5.13 Å². The number of nitrogens with one attached hydrogen (secondary N) is 1. The molecule has 10 heteroatoms. The van der Waals surface area contributed by atoms with E-state index in [2.05, 4.69) is 15.5 Å². The molecule has 0 aromatic carbocycles. The van der Waals surface area contributed by atoms with Crippen molar-refractivity contribution in [2.75, 3.05) is 12.4 Å². The second-order valence-electron chi connectivity index (χ2n) is 5.22. The van der Waals surface area contributed by atoms with Gasteiger partial charge in [-0.05, 0) is 12.8 Å². The second kappa shape index (κ2) is 6.99. The highest BCUT2D eigenvalue weighted by Crippen LogP contribution is 2.29. The van der Waals surface area contributed by atoms with Gasteiger partial charge in [-0.15, -0.1) is 10.2 Å². The third-order valence-corrected chi connectivity index (χ3v) is 6.80. The molecule has 0 bridgehead atoms. The summed E-state index contributed by atoms with van der Waals surface area (Å²) in [5.41, 5.74) is 0. The van der Waals surface area contributed by atoms with Gasteiger partial charge in [0.15, 0.2) is 0 Å². The third-order valence-electron chi connectivity index (χ3n) is 3.73. The number of aliphatic hydroxyl groups excluding tert-OH is 1. The van der Waals surface area contributed by atoms with Crippen molar-refractivity contribution >= 4 is 32.4 Å². The van der Waals surface area contributed by atoms with Crippen LogP contribution in [-0.4, -0.2) is 53.1 Å². The monoisotopic (exact) mass is 348 g/mol. The first kappa shape index (κ1) is 17.3. The molecule has 22 heavy (non-hydrogen) atoms. The summed E-state index contributed by atoms with van der Waals surface area (Å²) in [5, 5.41) is 20.0. The average molecular weight is 348 g/mol. The maximum Gasteiger partial charge on any atom is 0.272 e. The molecule has 0 saturated heterocycles. The average Bonchev–Trinajstić information content (AvgIpc) is 2.96. The zero-order valence-corrected chi connectivity index (χ0v) is 14.2. The lowest BCUT2D eigenvalue weighted by atomic mass is 9.93. The maximum absolute atomic E-state index is 12.6. The predicted molar refractivity (Wildman–Crippen MR) is 82.0 cm³/mol. The number of likely N-dealkylation sites (N-methyl/N-ethyl adjacent to an activating group) is 1. The number of hydrogen-bond acceptors (Lipinski definition) is 7. The van der Waals surface area contributed by atoms with Gasteiger partial charge in [-0.1, -0.05) is 31.1 Å². The van der Waals surface area contributed by atoms with Crippen LogP contribution in [-0.2, 0) is 14.8 Å². The molecule has 1 aromatic rings. The fraction of sp³-hybridized carbons (Fsp3) is 0.750. The molecule has 0 radical (unpaired) electrons. The van der Waals surface area contributed by atoms with Crippen molar-refractivity contribution in [2.45, 2.75) is 55.5 Å². The van der Waals surface area contributed by atoms with Gasteiger partial charge in [-0.3, -0.25) is 4.79 Å². The molecule has 1 aliphatic rings. The number of nitrogens with zero attached hydrogens (tertiary/aromatic N) is 3. The van der Waals surface area contributed by atoms with Gasteiger partial charge in [0.05, 0.1) is 12.1 Å². The highest BCUT2D eigenvalue weighted by molar-refractivity contribution is 7.91. The van der Waals surface area contributed by atoms with Gasteiger partial charge in [0.25, 0.3) is 10.0 Å². The minimum atomic E-state index is -3.83. The van der Waals surface area contributed by atoms with Crippen molar-refractivity contribution in [1.82, 2.24) is 14.5 Å². The topological polar surface area (TPSA) is 112 Å². The van der Waals surface area contributed by atoms with Crippen LogP contribution in [0.15, 0.2) is 4.34 Å². The van der Waals surface area contributed by atoms with E-state index in [1.807, 2.05) is 0 Å². The zero-order chi connectivity index (χ0) is 16.3. The first-order valence-corrected chi connectivity index (χ1v) is 9.41. The molecule has 2 rings (SSSR count). The van der Waals surface area contributed by atoms with Gasteiger partial charge in [-0.25, -0.2) is 8.42 Å². The third kappa shape index (κ3) is 3.62. The smallest absolute Gasteiger partial charge is 0.272 e. The van der Waals surface area contributed by atoms with E-state index in [9.17, 15) is 18.3 Å². The Labute approximate surface area is 133 Å². The van der Waals surface area contributed by atoms with E-state index >= 15 is 0 Å². The van der Waals surface area contributed by atoms with Gasteiger partial charge in [0.1, 0.15) is 0 Å². The van der Waals surface area contributed by atoms with Gasteiger partial charge in [-0.2, -0.15) is 4.31 Å². The number of rotatable bonds is 5. The summed E-state index contributed by atoms with van der Waals surface area (Å²) >= 11 is 0.812. The largest absolute Gasteiger partial charge is 0.391 e. The van der Waals surface area contributed by atoms with E-state index in [4.69, 9.17) is 0 Å². The van der Waals surface area contributed by atoms with Crippen molar-refractivity contribution < 1.29 is 18.3 Å². The van der Waals surface area contributed by atoms with E-state index in [1.165, 1.54) is 11.4 Å². The first-order valence-electron chi connectivity index (χ1n) is 7.15. The Morgan fingerprint density at radius 1 is 1.41 bits per heavy atom.